The smallest absolute Gasteiger partial charge is 0.338 e. The molecule has 1 aromatic rings. The zero-order valence-corrected chi connectivity index (χ0v) is 9.52. The van der Waals surface area contributed by atoms with E-state index in [4.69, 9.17) is 16.7 Å². The molecule has 0 unspecified atom stereocenters. The first-order valence-corrected chi connectivity index (χ1v) is 5.23. The molecule has 7 heteroatoms. The van der Waals surface area contributed by atoms with Crippen LogP contribution in [-0.4, -0.2) is 16.1 Å². The van der Waals surface area contributed by atoms with Gasteiger partial charge in [0, 0.05) is 17.1 Å². The highest BCUT2D eigenvalue weighted by Gasteiger charge is 2.21. The summed E-state index contributed by atoms with van der Waals surface area (Å²) < 4.78 is 24.9. The second-order valence-electron chi connectivity index (χ2n) is 2.59. The van der Waals surface area contributed by atoms with Crippen molar-refractivity contribution in [2.45, 2.75) is 11.8 Å². The number of nitrogens with zero attached hydrogens (tertiary/aromatic N) is 1. The van der Waals surface area contributed by atoms with Crippen LogP contribution >= 0.6 is 27.5 Å². The molecule has 0 aliphatic carbocycles. The molecule has 0 aromatic carbocycles. The molecule has 0 atom stereocenters. The number of aromatic nitrogens is 1. The second kappa shape index (κ2) is 4.85. The molecule has 0 saturated carbocycles. The molecule has 0 aliphatic heterocycles. The average molecular weight is 300 g/mol. The molecule has 0 aliphatic rings. The number of hydrogen-bond donors (Lipinski definition) is 1. The third-order valence-corrected chi connectivity index (χ3v) is 2.71. The molecular weight excluding hydrogens is 295 g/mol. The number of halogens is 4. The van der Waals surface area contributed by atoms with E-state index >= 15 is 0 Å². The number of alkyl halides is 3. The van der Waals surface area contributed by atoms with Crippen molar-refractivity contribution >= 4 is 33.5 Å². The summed E-state index contributed by atoms with van der Waals surface area (Å²) in [4.78, 5) is 14.0. The Labute approximate surface area is 97.2 Å². The predicted molar refractivity (Wildman–Crippen MR) is 53.8 cm³/mol. The SMILES string of the molecule is O=C(O)c1cnc(C(F)F)c(CBr)c1Cl. The van der Waals surface area contributed by atoms with Crippen molar-refractivity contribution in [2.75, 3.05) is 0 Å². The van der Waals surface area contributed by atoms with Crippen LogP contribution < -0.4 is 0 Å². The number of pyridine rings is 1. The van der Waals surface area contributed by atoms with E-state index in [-0.39, 0.29) is 21.5 Å². The van der Waals surface area contributed by atoms with Gasteiger partial charge < -0.3 is 5.11 Å². The van der Waals surface area contributed by atoms with Gasteiger partial charge in [-0.05, 0) is 0 Å². The quantitative estimate of drug-likeness (QED) is 0.872. The highest BCUT2D eigenvalue weighted by molar-refractivity contribution is 9.08. The largest absolute Gasteiger partial charge is 0.478 e. The van der Waals surface area contributed by atoms with Gasteiger partial charge in [-0.3, -0.25) is 4.98 Å². The van der Waals surface area contributed by atoms with Crippen LogP contribution in [0.3, 0.4) is 0 Å². The summed E-state index contributed by atoms with van der Waals surface area (Å²) in [6.45, 7) is 0. The number of carbonyl (C=O) groups is 1. The van der Waals surface area contributed by atoms with Crippen molar-refractivity contribution in [1.82, 2.24) is 4.98 Å². The standard InChI is InChI=1S/C8H5BrClF2NO2/c9-1-3-5(10)4(8(14)15)2-13-6(3)7(11)12/h2,7H,1H2,(H,14,15). The Morgan fingerprint density at radius 1 is 1.67 bits per heavy atom. The summed E-state index contributed by atoms with van der Waals surface area (Å²) in [5.41, 5.74) is -0.774. The number of rotatable bonds is 3. The molecule has 0 fully saturated rings. The maximum atomic E-state index is 12.4. The van der Waals surface area contributed by atoms with Gasteiger partial charge in [0.2, 0.25) is 0 Å². The Bertz CT molecular complexity index is 400. The lowest BCUT2D eigenvalue weighted by atomic mass is 10.1. The molecule has 0 spiro atoms. The van der Waals surface area contributed by atoms with E-state index in [0.717, 1.165) is 6.20 Å². The van der Waals surface area contributed by atoms with Crippen molar-refractivity contribution < 1.29 is 18.7 Å². The van der Waals surface area contributed by atoms with Crippen LogP contribution in [-0.2, 0) is 5.33 Å². The van der Waals surface area contributed by atoms with Crippen LogP contribution in [0.2, 0.25) is 5.02 Å². The first kappa shape index (κ1) is 12.3. The van der Waals surface area contributed by atoms with Gasteiger partial charge in [-0.15, -0.1) is 0 Å². The Morgan fingerprint density at radius 3 is 2.67 bits per heavy atom. The molecule has 1 aromatic heterocycles. The first-order chi connectivity index (χ1) is 6.99. The lowest BCUT2D eigenvalue weighted by Gasteiger charge is -2.09. The van der Waals surface area contributed by atoms with Gasteiger partial charge in [0.15, 0.2) is 0 Å². The van der Waals surface area contributed by atoms with Crippen LogP contribution in [0.1, 0.15) is 28.0 Å². The lowest BCUT2D eigenvalue weighted by molar-refractivity contribution is 0.0695. The predicted octanol–water partition coefficient (Wildman–Crippen LogP) is 3.27. The normalized spacial score (nSPS) is 10.7. The van der Waals surface area contributed by atoms with E-state index in [1.54, 1.807) is 0 Å². The molecule has 1 rings (SSSR count). The van der Waals surface area contributed by atoms with E-state index in [0.29, 0.717) is 0 Å². The van der Waals surface area contributed by atoms with Crippen molar-refractivity contribution in [3.63, 3.8) is 0 Å². The van der Waals surface area contributed by atoms with Crippen LogP contribution in [0.5, 0.6) is 0 Å². The maximum Gasteiger partial charge on any atom is 0.338 e. The number of aromatic carboxylic acids is 1. The summed E-state index contributed by atoms with van der Waals surface area (Å²) in [6, 6.07) is 0. The minimum absolute atomic E-state index is 0.00608. The molecule has 15 heavy (non-hydrogen) atoms. The topological polar surface area (TPSA) is 50.2 Å². The van der Waals surface area contributed by atoms with E-state index in [2.05, 4.69) is 20.9 Å². The third kappa shape index (κ3) is 2.43. The Balaban J connectivity index is 3.39. The van der Waals surface area contributed by atoms with Gasteiger partial charge in [0.05, 0.1) is 10.6 Å². The molecular formula is C8H5BrClF2NO2. The third-order valence-electron chi connectivity index (χ3n) is 1.71. The molecule has 0 saturated heterocycles. The Morgan fingerprint density at radius 2 is 2.27 bits per heavy atom. The van der Waals surface area contributed by atoms with Crippen molar-refractivity contribution in [1.29, 1.82) is 0 Å². The summed E-state index contributed by atoms with van der Waals surface area (Å²) in [5.74, 6) is -1.30. The van der Waals surface area contributed by atoms with Crippen LogP contribution in [0.25, 0.3) is 0 Å². The molecule has 1 N–H and O–H groups in total. The molecule has 82 valence electrons. The fraction of sp³-hybridized carbons (Fsp3) is 0.250. The number of carboxylic acid groups (broad SMARTS) is 1. The van der Waals surface area contributed by atoms with E-state index in [1.165, 1.54) is 0 Å². The Hall–Kier alpha value is -0.750. The number of hydrogen-bond acceptors (Lipinski definition) is 2. The van der Waals surface area contributed by atoms with Crippen LogP contribution in [0.15, 0.2) is 6.20 Å². The van der Waals surface area contributed by atoms with Gasteiger partial charge in [-0.2, -0.15) is 0 Å². The fourth-order valence-electron chi connectivity index (χ4n) is 1.01. The van der Waals surface area contributed by atoms with Crippen molar-refractivity contribution in [2.24, 2.45) is 0 Å². The number of carboxylic acids is 1. The summed E-state index contributed by atoms with van der Waals surface area (Å²) in [7, 11) is 0. The first-order valence-electron chi connectivity index (χ1n) is 3.73. The van der Waals surface area contributed by atoms with E-state index < -0.39 is 18.1 Å². The summed E-state index contributed by atoms with van der Waals surface area (Å²) in [6.07, 6.45) is -1.95. The maximum absolute atomic E-state index is 12.4. The van der Waals surface area contributed by atoms with E-state index in [9.17, 15) is 13.6 Å². The highest BCUT2D eigenvalue weighted by Crippen LogP contribution is 2.30. The van der Waals surface area contributed by atoms with Crippen molar-refractivity contribution in [3.8, 4) is 0 Å². The molecule has 0 amide bonds. The minimum atomic E-state index is -2.78. The Kier molecular flexibility index (Phi) is 3.98. The second-order valence-corrected chi connectivity index (χ2v) is 3.53. The monoisotopic (exact) mass is 299 g/mol. The van der Waals surface area contributed by atoms with Gasteiger partial charge in [-0.1, -0.05) is 27.5 Å². The van der Waals surface area contributed by atoms with Gasteiger partial charge >= 0.3 is 5.97 Å². The highest BCUT2D eigenvalue weighted by atomic mass is 79.9. The van der Waals surface area contributed by atoms with Gasteiger partial charge in [0.1, 0.15) is 5.69 Å². The molecule has 0 radical (unpaired) electrons. The fourth-order valence-corrected chi connectivity index (χ4v) is 2.03. The van der Waals surface area contributed by atoms with Gasteiger partial charge in [-0.25, -0.2) is 13.6 Å². The zero-order valence-electron chi connectivity index (χ0n) is 7.18. The van der Waals surface area contributed by atoms with Gasteiger partial charge in [0.25, 0.3) is 6.43 Å². The van der Waals surface area contributed by atoms with E-state index in [1.807, 2.05) is 0 Å². The summed E-state index contributed by atoms with van der Waals surface area (Å²) >= 11 is 8.63. The lowest BCUT2D eigenvalue weighted by Crippen LogP contribution is -2.05. The minimum Gasteiger partial charge on any atom is -0.478 e. The molecule has 0 bridgehead atoms. The zero-order chi connectivity index (χ0) is 11.6. The van der Waals surface area contributed by atoms with Crippen LogP contribution in [0.4, 0.5) is 8.78 Å². The molecule has 1 heterocycles. The van der Waals surface area contributed by atoms with Crippen LogP contribution in [0, 0.1) is 0 Å². The summed E-state index contributed by atoms with van der Waals surface area (Å²) in [5, 5.41) is 8.51. The van der Waals surface area contributed by atoms with Crippen molar-refractivity contribution in [3.05, 3.63) is 28.0 Å². The molecule has 3 nitrogen and oxygen atoms in total. The average Bonchev–Trinajstić information content (AvgIpc) is 2.16.